The van der Waals surface area contributed by atoms with E-state index >= 15 is 0 Å². The first kappa shape index (κ1) is 22.6. The molecule has 0 heterocycles. The lowest BCUT2D eigenvalue weighted by atomic mass is 10.1. The molecule has 2 amide bonds. The van der Waals surface area contributed by atoms with Gasteiger partial charge in [0.15, 0.2) is 0 Å². The van der Waals surface area contributed by atoms with Gasteiger partial charge in [-0.25, -0.2) is 13.1 Å². The lowest BCUT2D eigenvalue weighted by Gasteiger charge is -2.12. The number of nitrogens with one attached hydrogen (secondary N) is 3. The van der Waals surface area contributed by atoms with Gasteiger partial charge in [0.25, 0.3) is 11.8 Å². The minimum atomic E-state index is -3.62. The molecule has 8 heteroatoms. The van der Waals surface area contributed by atoms with E-state index in [1.165, 1.54) is 24.3 Å². The Morgan fingerprint density at radius 1 is 0.966 bits per heavy atom. The van der Waals surface area contributed by atoms with Gasteiger partial charge in [-0.15, -0.1) is 0 Å². The van der Waals surface area contributed by atoms with Gasteiger partial charge in [0.2, 0.25) is 10.0 Å². The molecule has 0 aromatic heterocycles. The monoisotopic (exact) mass is 417 g/mol. The molecule has 0 fully saturated rings. The number of carbonyl (C=O) groups is 2. The third kappa shape index (κ3) is 6.40. The quantitative estimate of drug-likeness (QED) is 0.583. The van der Waals surface area contributed by atoms with Gasteiger partial charge in [-0.2, -0.15) is 0 Å². The molecular weight excluding hydrogens is 390 g/mol. The molecule has 0 saturated heterocycles. The summed E-state index contributed by atoms with van der Waals surface area (Å²) in [6.45, 7) is 6.23. The molecule has 0 aliphatic rings. The number of rotatable bonds is 9. The van der Waals surface area contributed by atoms with E-state index in [9.17, 15) is 18.0 Å². The van der Waals surface area contributed by atoms with Crippen LogP contribution in [0.2, 0.25) is 0 Å². The zero-order valence-corrected chi connectivity index (χ0v) is 17.7. The summed E-state index contributed by atoms with van der Waals surface area (Å²) < 4.78 is 27.2. The molecule has 156 valence electrons. The maximum atomic E-state index is 12.5. The number of amides is 2. The van der Waals surface area contributed by atoms with Crippen LogP contribution in [0, 0.1) is 0 Å². The number of hydrogen-bond donors (Lipinski definition) is 3. The van der Waals surface area contributed by atoms with Crippen molar-refractivity contribution in [3.63, 3.8) is 0 Å². The van der Waals surface area contributed by atoms with Gasteiger partial charge < -0.3 is 10.6 Å². The predicted octanol–water partition coefficient (Wildman–Crippen LogP) is 3.16. The number of carbonyl (C=O) groups excluding carboxylic acids is 2. The molecule has 3 N–H and O–H groups in total. The van der Waals surface area contributed by atoms with Gasteiger partial charge in [-0.05, 0) is 62.2 Å². The zero-order valence-electron chi connectivity index (χ0n) is 16.9. The van der Waals surface area contributed by atoms with Crippen LogP contribution in [0.15, 0.2) is 53.4 Å². The molecular formula is C21H27N3O4S. The van der Waals surface area contributed by atoms with Crippen molar-refractivity contribution in [2.75, 3.05) is 11.9 Å². The van der Waals surface area contributed by atoms with Crippen LogP contribution >= 0.6 is 0 Å². The second-order valence-corrected chi connectivity index (χ2v) is 8.46. The average Bonchev–Trinajstić information content (AvgIpc) is 2.71. The van der Waals surface area contributed by atoms with Gasteiger partial charge in [0.1, 0.15) is 0 Å². The van der Waals surface area contributed by atoms with Crippen LogP contribution in [-0.2, 0) is 10.0 Å². The third-order valence-electron chi connectivity index (χ3n) is 4.31. The minimum absolute atomic E-state index is 0.101. The fourth-order valence-electron chi connectivity index (χ4n) is 2.48. The molecule has 29 heavy (non-hydrogen) atoms. The van der Waals surface area contributed by atoms with Gasteiger partial charge in [-0.1, -0.05) is 19.9 Å². The van der Waals surface area contributed by atoms with Crippen molar-refractivity contribution in [3.8, 4) is 0 Å². The van der Waals surface area contributed by atoms with E-state index in [0.29, 0.717) is 29.8 Å². The number of hydrogen-bond acceptors (Lipinski definition) is 4. The van der Waals surface area contributed by atoms with Crippen LogP contribution in [0.5, 0.6) is 0 Å². The third-order valence-corrected chi connectivity index (χ3v) is 5.92. The van der Waals surface area contributed by atoms with Crippen molar-refractivity contribution >= 4 is 27.5 Å². The summed E-state index contributed by atoms with van der Waals surface area (Å²) in [6.07, 6.45) is 1.51. The topological polar surface area (TPSA) is 104 Å². The summed E-state index contributed by atoms with van der Waals surface area (Å²) in [5.41, 5.74) is 1.25. The molecule has 0 bridgehead atoms. The summed E-state index contributed by atoms with van der Waals surface area (Å²) >= 11 is 0. The van der Waals surface area contributed by atoms with E-state index in [1.807, 2.05) is 13.8 Å². The Labute approximate surface area is 172 Å². The Bertz CT molecular complexity index is 956. The lowest BCUT2D eigenvalue weighted by molar-refractivity contribution is 0.0952. The Balaban J connectivity index is 2.09. The van der Waals surface area contributed by atoms with E-state index in [1.54, 1.807) is 31.2 Å². The Kier molecular flexibility index (Phi) is 7.92. The molecule has 2 aromatic carbocycles. The normalized spacial score (nSPS) is 12.2. The van der Waals surface area contributed by atoms with Crippen molar-refractivity contribution < 1.29 is 18.0 Å². The van der Waals surface area contributed by atoms with Crippen molar-refractivity contribution in [1.29, 1.82) is 0 Å². The molecule has 0 saturated carbocycles. The van der Waals surface area contributed by atoms with E-state index < -0.39 is 15.9 Å². The van der Waals surface area contributed by atoms with Crippen LogP contribution in [0.25, 0.3) is 0 Å². The summed E-state index contributed by atoms with van der Waals surface area (Å²) in [7, 11) is -3.62. The van der Waals surface area contributed by atoms with Gasteiger partial charge in [-0.3, -0.25) is 9.59 Å². The number of sulfonamides is 1. The number of anilines is 1. The lowest BCUT2D eigenvalue weighted by Crippen LogP contribution is -2.32. The Morgan fingerprint density at radius 3 is 2.28 bits per heavy atom. The first-order valence-corrected chi connectivity index (χ1v) is 11.1. The fraction of sp³-hybridized carbons (Fsp3) is 0.333. The highest BCUT2D eigenvalue weighted by Crippen LogP contribution is 2.15. The van der Waals surface area contributed by atoms with Gasteiger partial charge in [0, 0.05) is 29.4 Å². The van der Waals surface area contributed by atoms with Crippen molar-refractivity contribution in [1.82, 2.24) is 10.0 Å². The van der Waals surface area contributed by atoms with Crippen LogP contribution in [0.4, 0.5) is 5.69 Å². The van der Waals surface area contributed by atoms with Gasteiger partial charge in [0.05, 0.1) is 4.90 Å². The predicted molar refractivity (Wildman–Crippen MR) is 114 cm³/mol. The van der Waals surface area contributed by atoms with Crippen molar-refractivity contribution in [2.45, 2.75) is 44.6 Å². The second-order valence-electron chi connectivity index (χ2n) is 6.75. The number of benzene rings is 2. The molecule has 0 radical (unpaired) electrons. The van der Waals surface area contributed by atoms with Gasteiger partial charge >= 0.3 is 0 Å². The first-order chi connectivity index (χ1) is 13.8. The molecule has 0 aliphatic heterocycles. The van der Waals surface area contributed by atoms with Crippen LogP contribution in [0.3, 0.4) is 0 Å². The molecule has 1 unspecified atom stereocenters. The largest absolute Gasteiger partial charge is 0.352 e. The highest BCUT2D eigenvalue weighted by molar-refractivity contribution is 7.89. The van der Waals surface area contributed by atoms with E-state index in [2.05, 4.69) is 15.4 Å². The highest BCUT2D eigenvalue weighted by Gasteiger charge is 2.17. The summed E-state index contributed by atoms with van der Waals surface area (Å²) in [5, 5.41) is 5.51. The second kappa shape index (κ2) is 10.2. The first-order valence-electron chi connectivity index (χ1n) is 9.58. The summed E-state index contributed by atoms with van der Waals surface area (Å²) in [6, 6.07) is 12.2. The van der Waals surface area contributed by atoms with Crippen molar-refractivity contribution in [2.24, 2.45) is 0 Å². The minimum Gasteiger partial charge on any atom is -0.352 e. The smallest absolute Gasteiger partial charge is 0.255 e. The van der Waals surface area contributed by atoms with E-state index in [4.69, 9.17) is 0 Å². The molecule has 2 aromatic rings. The Morgan fingerprint density at radius 2 is 1.66 bits per heavy atom. The summed E-state index contributed by atoms with van der Waals surface area (Å²) in [4.78, 5) is 24.6. The molecule has 1 atom stereocenters. The van der Waals surface area contributed by atoms with E-state index in [-0.39, 0.29) is 16.8 Å². The standard InChI is InChI=1S/C21H27N3O4S/c1-4-13-22-20(25)17-7-6-8-18(14-17)23-21(26)16-9-11-19(12-10-16)29(27,28)24-15(3)5-2/h6-12,14-15,24H,4-5,13H2,1-3H3,(H,22,25)(H,23,26). The molecule has 2 rings (SSSR count). The molecule has 7 nitrogen and oxygen atoms in total. The van der Waals surface area contributed by atoms with E-state index in [0.717, 1.165) is 6.42 Å². The fourth-order valence-corrected chi connectivity index (χ4v) is 3.81. The van der Waals surface area contributed by atoms with Crippen molar-refractivity contribution in [3.05, 3.63) is 59.7 Å². The Hall–Kier alpha value is -2.71. The maximum absolute atomic E-state index is 12.5. The molecule has 0 spiro atoms. The van der Waals surface area contributed by atoms with Crippen LogP contribution in [-0.4, -0.2) is 32.8 Å². The highest BCUT2D eigenvalue weighted by atomic mass is 32.2. The maximum Gasteiger partial charge on any atom is 0.255 e. The summed E-state index contributed by atoms with van der Waals surface area (Å²) in [5.74, 6) is -0.596. The molecule has 0 aliphatic carbocycles. The zero-order chi connectivity index (χ0) is 21.4. The SMILES string of the molecule is CCCNC(=O)c1cccc(NC(=O)c2ccc(S(=O)(=O)NC(C)CC)cc2)c1. The average molecular weight is 418 g/mol. The van der Waals surface area contributed by atoms with Crippen LogP contribution in [0.1, 0.15) is 54.3 Å². The van der Waals surface area contributed by atoms with Crippen LogP contribution < -0.4 is 15.4 Å².